The highest BCUT2D eigenvalue weighted by Crippen LogP contribution is 2.18. The normalized spacial score (nSPS) is 11.6. The number of halogens is 1. The predicted molar refractivity (Wildman–Crippen MR) is 93.6 cm³/mol. The fourth-order valence-electron chi connectivity index (χ4n) is 2.26. The molecule has 0 saturated carbocycles. The van der Waals surface area contributed by atoms with Crippen LogP contribution in [0.2, 0.25) is 0 Å². The maximum atomic E-state index is 13.7. The van der Waals surface area contributed by atoms with Gasteiger partial charge >= 0.3 is 0 Å². The van der Waals surface area contributed by atoms with Gasteiger partial charge in [0.1, 0.15) is 11.6 Å². The zero-order chi connectivity index (χ0) is 18.2. The van der Waals surface area contributed by atoms with Gasteiger partial charge in [-0.05, 0) is 42.3 Å². The van der Waals surface area contributed by atoms with E-state index in [0.29, 0.717) is 23.4 Å². The highest BCUT2D eigenvalue weighted by Gasteiger charge is 2.15. The van der Waals surface area contributed by atoms with Crippen LogP contribution in [-0.4, -0.2) is 18.4 Å². The Hall–Kier alpha value is -2.89. The van der Waals surface area contributed by atoms with Gasteiger partial charge in [-0.15, -0.1) is 0 Å². The molecule has 0 spiro atoms. The molecule has 0 bridgehead atoms. The van der Waals surface area contributed by atoms with E-state index >= 15 is 0 Å². The molecule has 1 atom stereocenters. The summed E-state index contributed by atoms with van der Waals surface area (Å²) in [4.78, 5) is 22.9. The van der Waals surface area contributed by atoms with E-state index in [1.807, 2.05) is 0 Å². The number of nitrogens with one attached hydrogen (secondary N) is 1. The van der Waals surface area contributed by atoms with Crippen molar-refractivity contribution in [3.8, 4) is 5.75 Å². The van der Waals surface area contributed by atoms with Crippen LogP contribution in [0.25, 0.3) is 0 Å². The summed E-state index contributed by atoms with van der Waals surface area (Å²) in [5, 5.41) is 2.79. The monoisotopic (exact) mass is 344 g/mol. The van der Waals surface area contributed by atoms with Crippen molar-refractivity contribution in [2.45, 2.75) is 19.8 Å². The summed E-state index contributed by atoms with van der Waals surface area (Å²) in [5.41, 5.74) is 6.17. The topological polar surface area (TPSA) is 81.4 Å². The first kappa shape index (κ1) is 18.4. The quantitative estimate of drug-likeness (QED) is 0.772. The molecule has 25 heavy (non-hydrogen) atoms. The average Bonchev–Trinajstić information content (AvgIpc) is 2.58. The Labute approximate surface area is 146 Å². The van der Waals surface area contributed by atoms with Crippen LogP contribution < -0.4 is 15.8 Å². The number of ether oxygens (including phenoxy) is 1. The average molecular weight is 344 g/mol. The molecule has 2 aromatic carbocycles. The van der Waals surface area contributed by atoms with Gasteiger partial charge in [-0.25, -0.2) is 4.39 Å². The molecular weight excluding hydrogens is 323 g/mol. The molecule has 3 N–H and O–H groups in total. The number of anilines is 1. The van der Waals surface area contributed by atoms with E-state index in [-0.39, 0.29) is 30.7 Å². The largest absolute Gasteiger partial charge is 0.493 e. The van der Waals surface area contributed by atoms with E-state index in [2.05, 4.69) is 5.32 Å². The highest BCUT2D eigenvalue weighted by atomic mass is 19.1. The summed E-state index contributed by atoms with van der Waals surface area (Å²) in [5.74, 6) is -0.708. The number of carbonyl (C=O) groups excluding carboxylic acids is 2. The lowest BCUT2D eigenvalue weighted by Gasteiger charge is -2.13. The standard InChI is InChI=1S/C19H21FN2O3/c1-13(12-14-4-2-3-5-17(14)20)19(24)22-15-6-8-16(9-7-15)25-11-10-18(21)23/h2-9,13H,10-12H2,1H3,(H2,21,23)(H,22,24)/t13-/m0/s1. The van der Waals surface area contributed by atoms with Crippen LogP contribution in [-0.2, 0) is 16.0 Å². The van der Waals surface area contributed by atoms with E-state index in [9.17, 15) is 14.0 Å². The van der Waals surface area contributed by atoms with Crippen LogP contribution in [0.4, 0.5) is 10.1 Å². The van der Waals surface area contributed by atoms with Crippen LogP contribution >= 0.6 is 0 Å². The Morgan fingerprint density at radius 1 is 1.16 bits per heavy atom. The van der Waals surface area contributed by atoms with Crippen LogP contribution in [0.15, 0.2) is 48.5 Å². The smallest absolute Gasteiger partial charge is 0.227 e. The van der Waals surface area contributed by atoms with Gasteiger partial charge in [0.2, 0.25) is 11.8 Å². The van der Waals surface area contributed by atoms with Gasteiger partial charge in [0.25, 0.3) is 0 Å². The second kappa shape index (κ2) is 8.82. The highest BCUT2D eigenvalue weighted by molar-refractivity contribution is 5.92. The molecule has 0 fully saturated rings. The Morgan fingerprint density at radius 3 is 2.48 bits per heavy atom. The van der Waals surface area contributed by atoms with E-state index in [1.165, 1.54) is 6.07 Å². The van der Waals surface area contributed by atoms with Crippen molar-refractivity contribution in [1.29, 1.82) is 0 Å². The third-order valence-electron chi connectivity index (χ3n) is 3.67. The molecule has 0 unspecified atom stereocenters. The van der Waals surface area contributed by atoms with Crippen LogP contribution in [0.1, 0.15) is 18.9 Å². The van der Waals surface area contributed by atoms with E-state index in [0.717, 1.165) is 0 Å². The maximum absolute atomic E-state index is 13.7. The van der Waals surface area contributed by atoms with E-state index in [4.69, 9.17) is 10.5 Å². The molecule has 0 aromatic heterocycles. The number of carbonyl (C=O) groups is 2. The number of hydrogen-bond donors (Lipinski definition) is 2. The van der Waals surface area contributed by atoms with E-state index < -0.39 is 5.91 Å². The van der Waals surface area contributed by atoms with Gasteiger partial charge in [0.05, 0.1) is 13.0 Å². The molecule has 2 amide bonds. The van der Waals surface area contributed by atoms with Crippen LogP contribution in [0.3, 0.4) is 0 Å². The lowest BCUT2D eigenvalue weighted by atomic mass is 10.00. The summed E-state index contributed by atoms with van der Waals surface area (Å²) in [6, 6.07) is 13.2. The second-order valence-corrected chi connectivity index (χ2v) is 5.77. The van der Waals surface area contributed by atoms with Crippen molar-refractivity contribution >= 4 is 17.5 Å². The summed E-state index contributed by atoms with van der Waals surface area (Å²) < 4.78 is 19.0. The fraction of sp³-hybridized carbons (Fsp3) is 0.263. The summed E-state index contributed by atoms with van der Waals surface area (Å²) in [6.07, 6.45) is 0.471. The lowest BCUT2D eigenvalue weighted by molar-refractivity contribution is -0.119. The van der Waals surface area contributed by atoms with Gasteiger partial charge in [-0.1, -0.05) is 25.1 Å². The predicted octanol–water partition coefficient (Wildman–Crippen LogP) is 2.90. The molecule has 0 aliphatic rings. The number of rotatable bonds is 8. The Balaban J connectivity index is 1.87. The van der Waals surface area contributed by atoms with Crippen LogP contribution in [0, 0.1) is 11.7 Å². The van der Waals surface area contributed by atoms with Crippen LogP contribution in [0.5, 0.6) is 5.75 Å². The zero-order valence-corrected chi connectivity index (χ0v) is 14.0. The van der Waals surface area contributed by atoms with E-state index in [1.54, 1.807) is 49.4 Å². The van der Waals surface area contributed by atoms with Gasteiger partial charge in [-0.2, -0.15) is 0 Å². The number of benzene rings is 2. The molecule has 132 valence electrons. The summed E-state index contributed by atoms with van der Waals surface area (Å²) in [6.45, 7) is 1.96. The second-order valence-electron chi connectivity index (χ2n) is 5.77. The van der Waals surface area contributed by atoms with Gasteiger partial charge < -0.3 is 15.8 Å². The van der Waals surface area contributed by atoms with Crippen molar-refractivity contribution in [2.24, 2.45) is 11.7 Å². The van der Waals surface area contributed by atoms with Crippen molar-refractivity contribution in [1.82, 2.24) is 0 Å². The lowest BCUT2D eigenvalue weighted by Crippen LogP contribution is -2.22. The van der Waals surface area contributed by atoms with Crippen molar-refractivity contribution in [3.63, 3.8) is 0 Å². The zero-order valence-electron chi connectivity index (χ0n) is 14.0. The maximum Gasteiger partial charge on any atom is 0.227 e. The minimum atomic E-state index is -0.423. The number of hydrogen-bond acceptors (Lipinski definition) is 3. The van der Waals surface area contributed by atoms with Crippen molar-refractivity contribution in [2.75, 3.05) is 11.9 Å². The minimum Gasteiger partial charge on any atom is -0.493 e. The molecular formula is C19H21FN2O3. The Kier molecular flexibility index (Phi) is 6.51. The molecule has 0 heterocycles. The molecule has 0 aliphatic heterocycles. The number of primary amides is 1. The molecule has 2 rings (SSSR count). The molecule has 6 heteroatoms. The summed E-state index contributed by atoms with van der Waals surface area (Å²) >= 11 is 0. The van der Waals surface area contributed by atoms with Crippen molar-refractivity contribution < 1.29 is 18.7 Å². The van der Waals surface area contributed by atoms with Crippen molar-refractivity contribution in [3.05, 3.63) is 59.9 Å². The SMILES string of the molecule is C[C@@H](Cc1ccccc1F)C(=O)Nc1ccc(OCCC(N)=O)cc1. The number of amides is 2. The van der Waals surface area contributed by atoms with Gasteiger partial charge in [-0.3, -0.25) is 9.59 Å². The molecule has 2 aromatic rings. The molecule has 0 aliphatic carbocycles. The van der Waals surface area contributed by atoms with Gasteiger partial charge in [0, 0.05) is 11.6 Å². The molecule has 0 radical (unpaired) electrons. The Bertz CT molecular complexity index is 732. The first-order chi connectivity index (χ1) is 12.0. The number of nitrogens with two attached hydrogens (primary N) is 1. The first-order valence-corrected chi connectivity index (χ1v) is 8.01. The third kappa shape index (κ3) is 5.91. The van der Waals surface area contributed by atoms with Gasteiger partial charge in [0.15, 0.2) is 0 Å². The molecule has 5 nitrogen and oxygen atoms in total. The fourth-order valence-corrected chi connectivity index (χ4v) is 2.26. The third-order valence-corrected chi connectivity index (χ3v) is 3.67. The first-order valence-electron chi connectivity index (χ1n) is 8.01. The minimum absolute atomic E-state index is 0.145. The summed E-state index contributed by atoms with van der Waals surface area (Å²) in [7, 11) is 0. The molecule has 0 saturated heterocycles. The Morgan fingerprint density at radius 2 is 1.84 bits per heavy atom.